The fourth-order valence-corrected chi connectivity index (χ4v) is 1.24. The first-order valence-corrected chi connectivity index (χ1v) is 4.91. The van der Waals surface area contributed by atoms with Gasteiger partial charge in [0, 0.05) is 11.6 Å². The number of aromatic nitrogens is 1. The van der Waals surface area contributed by atoms with Crippen LogP contribution in [0.2, 0.25) is 5.15 Å². The number of ether oxygens (including phenoxy) is 1. The second kappa shape index (κ2) is 4.57. The van der Waals surface area contributed by atoms with Gasteiger partial charge in [-0.05, 0) is 19.9 Å². The molecule has 0 spiro atoms. The second-order valence-electron chi connectivity index (χ2n) is 3.05. The lowest BCUT2D eigenvalue weighted by Gasteiger charge is -2.09. The molecule has 5 heteroatoms. The van der Waals surface area contributed by atoms with Crippen LogP contribution in [0.5, 0.6) is 5.88 Å². The molecule has 0 bridgehead atoms. The van der Waals surface area contributed by atoms with Crippen LogP contribution < -0.4 is 10.5 Å². The van der Waals surface area contributed by atoms with Gasteiger partial charge in [-0.2, -0.15) is 0 Å². The molecule has 0 atom stereocenters. The molecule has 0 aromatic carbocycles. The van der Waals surface area contributed by atoms with Gasteiger partial charge in [-0.1, -0.05) is 23.8 Å². The number of hydrogen-bond acceptors (Lipinski definition) is 3. The molecule has 1 rings (SSSR count). The molecule has 1 heterocycles. The Morgan fingerprint density at radius 1 is 1.57 bits per heavy atom. The first kappa shape index (κ1) is 11.2. The smallest absolute Gasteiger partial charge is 0.215 e. The summed E-state index contributed by atoms with van der Waals surface area (Å²) in [5.74, 6) is 0.440. The summed E-state index contributed by atoms with van der Waals surface area (Å²) in [7, 11) is 0. The van der Waals surface area contributed by atoms with Crippen LogP contribution in [0, 0.1) is 0 Å². The van der Waals surface area contributed by atoms with E-state index in [1.54, 1.807) is 12.1 Å². The summed E-state index contributed by atoms with van der Waals surface area (Å²) in [6.07, 6.45) is 0.0418. The monoisotopic (exact) mass is 230 g/mol. The van der Waals surface area contributed by atoms with Gasteiger partial charge in [0.1, 0.15) is 10.1 Å². The fraction of sp³-hybridized carbons (Fsp3) is 0.333. The Bertz CT molecular complexity index is 355. The van der Waals surface area contributed by atoms with Crippen LogP contribution in [0.15, 0.2) is 12.1 Å². The molecular weight excluding hydrogens is 220 g/mol. The zero-order valence-corrected chi connectivity index (χ0v) is 9.52. The summed E-state index contributed by atoms with van der Waals surface area (Å²) >= 11 is 10.6. The van der Waals surface area contributed by atoms with Gasteiger partial charge in [0.25, 0.3) is 0 Å². The molecule has 3 nitrogen and oxygen atoms in total. The summed E-state index contributed by atoms with van der Waals surface area (Å²) in [6, 6.07) is 3.28. The van der Waals surface area contributed by atoms with Crippen LogP contribution in [0.1, 0.15) is 19.4 Å². The second-order valence-corrected chi connectivity index (χ2v) is 3.87. The van der Waals surface area contributed by atoms with Crippen molar-refractivity contribution in [2.24, 2.45) is 5.73 Å². The molecule has 0 saturated carbocycles. The van der Waals surface area contributed by atoms with Gasteiger partial charge in [0.2, 0.25) is 5.88 Å². The standard InChI is InChI=1S/C9H11ClN2OS/c1-5(2)13-8-4-6(9(11)14)3-7(10)12-8/h3-5H,1-2H3,(H2,11,14). The van der Waals surface area contributed by atoms with Crippen molar-refractivity contribution in [2.75, 3.05) is 0 Å². The number of nitrogens with zero attached hydrogens (tertiary/aromatic N) is 1. The summed E-state index contributed by atoms with van der Waals surface area (Å²) in [4.78, 5) is 4.26. The Kier molecular flexibility index (Phi) is 3.66. The normalized spacial score (nSPS) is 10.3. The highest BCUT2D eigenvalue weighted by Gasteiger charge is 2.05. The van der Waals surface area contributed by atoms with Gasteiger partial charge < -0.3 is 10.5 Å². The lowest BCUT2D eigenvalue weighted by atomic mass is 10.3. The maximum Gasteiger partial charge on any atom is 0.215 e. The maximum atomic E-state index is 5.77. The van der Waals surface area contributed by atoms with E-state index >= 15 is 0 Å². The molecule has 0 aliphatic rings. The number of nitrogens with two attached hydrogens (primary N) is 1. The first-order valence-electron chi connectivity index (χ1n) is 4.13. The van der Waals surface area contributed by atoms with Gasteiger partial charge >= 0.3 is 0 Å². The van der Waals surface area contributed by atoms with E-state index in [4.69, 9.17) is 34.3 Å². The summed E-state index contributed by atoms with van der Waals surface area (Å²) in [5, 5.41) is 0.325. The van der Waals surface area contributed by atoms with Crippen LogP contribution >= 0.6 is 23.8 Å². The van der Waals surface area contributed by atoms with E-state index in [-0.39, 0.29) is 11.1 Å². The molecule has 0 aliphatic carbocycles. The molecular formula is C9H11ClN2OS. The van der Waals surface area contributed by atoms with Crippen molar-refractivity contribution in [1.82, 2.24) is 4.98 Å². The molecule has 1 aromatic heterocycles. The molecule has 0 unspecified atom stereocenters. The van der Waals surface area contributed by atoms with E-state index in [0.29, 0.717) is 16.6 Å². The Balaban J connectivity index is 3.01. The van der Waals surface area contributed by atoms with Crippen LogP contribution in [0.3, 0.4) is 0 Å². The SMILES string of the molecule is CC(C)Oc1cc(C(N)=S)cc(Cl)n1. The van der Waals surface area contributed by atoms with Gasteiger partial charge in [-0.25, -0.2) is 4.98 Å². The van der Waals surface area contributed by atoms with Crippen molar-refractivity contribution >= 4 is 28.8 Å². The zero-order valence-electron chi connectivity index (χ0n) is 7.95. The molecule has 0 radical (unpaired) electrons. The van der Waals surface area contributed by atoms with Gasteiger partial charge in [-0.3, -0.25) is 0 Å². The maximum absolute atomic E-state index is 5.77. The molecule has 14 heavy (non-hydrogen) atoms. The number of thiocarbonyl (C=S) groups is 1. The number of hydrogen-bond donors (Lipinski definition) is 1. The van der Waals surface area contributed by atoms with Crippen molar-refractivity contribution in [3.8, 4) is 5.88 Å². The number of halogens is 1. The average Bonchev–Trinajstić information content (AvgIpc) is 2.01. The third kappa shape index (κ3) is 3.12. The topological polar surface area (TPSA) is 48.1 Å². The largest absolute Gasteiger partial charge is 0.475 e. The van der Waals surface area contributed by atoms with Crippen molar-refractivity contribution in [3.63, 3.8) is 0 Å². The molecule has 76 valence electrons. The van der Waals surface area contributed by atoms with E-state index in [9.17, 15) is 0 Å². The third-order valence-electron chi connectivity index (χ3n) is 1.41. The molecule has 0 aliphatic heterocycles. The van der Waals surface area contributed by atoms with Crippen molar-refractivity contribution < 1.29 is 4.74 Å². The van der Waals surface area contributed by atoms with E-state index in [1.807, 2.05) is 13.8 Å². The zero-order chi connectivity index (χ0) is 10.7. The minimum atomic E-state index is 0.0418. The van der Waals surface area contributed by atoms with E-state index < -0.39 is 0 Å². The van der Waals surface area contributed by atoms with Crippen LogP contribution in [0.25, 0.3) is 0 Å². The highest BCUT2D eigenvalue weighted by Crippen LogP contribution is 2.17. The quantitative estimate of drug-likeness (QED) is 0.639. The summed E-state index contributed by atoms with van der Waals surface area (Å²) < 4.78 is 5.38. The first-order chi connectivity index (χ1) is 6.49. The number of pyridine rings is 1. The molecule has 0 fully saturated rings. The fourth-order valence-electron chi connectivity index (χ4n) is 0.917. The average molecular weight is 231 g/mol. The number of rotatable bonds is 3. The Hall–Kier alpha value is -0.870. The highest BCUT2D eigenvalue weighted by atomic mass is 35.5. The predicted octanol–water partition coefficient (Wildman–Crippen LogP) is 2.16. The van der Waals surface area contributed by atoms with Crippen LogP contribution in [-0.2, 0) is 0 Å². The third-order valence-corrected chi connectivity index (χ3v) is 1.84. The van der Waals surface area contributed by atoms with Crippen molar-refractivity contribution in [2.45, 2.75) is 20.0 Å². The predicted molar refractivity (Wildman–Crippen MR) is 60.9 cm³/mol. The Morgan fingerprint density at radius 3 is 2.71 bits per heavy atom. The molecule has 2 N–H and O–H groups in total. The van der Waals surface area contributed by atoms with E-state index in [2.05, 4.69) is 4.98 Å². The lowest BCUT2D eigenvalue weighted by Crippen LogP contribution is -2.12. The van der Waals surface area contributed by atoms with Crippen molar-refractivity contribution in [3.05, 3.63) is 22.8 Å². The summed E-state index contributed by atoms with van der Waals surface area (Å²) in [5.41, 5.74) is 6.13. The van der Waals surface area contributed by atoms with Gasteiger partial charge in [0.05, 0.1) is 6.10 Å². The minimum Gasteiger partial charge on any atom is -0.475 e. The van der Waals surface area contributed by atoms with Gasteiger partial charge in [-0.15, -0.1) is 0 Å². The minimum absolute atomic E-state index is 0.0418. The van der Waals surface area contributed by atoms with Crippen LogP contribution in [-0.4, -0.2) is 16.1 Å². The van der Waals surface area contributed by atoms with E-state index in [1.165, 1.54) is 0 Å². The van der Waals surface area contributed by atoms with Gasteiger partial charge in [0.15, 0.2) is 0 Å². The van der Waals surface area contributed by atoms with E-state index in [0.717, 1.165) is 0 Å². The Morgan fingerprint density at radius 2 is 2.21 bits per heavy atom. The lowest BCUT2D eigenvalue weighted by molar-refractivity contribution is 0.232. The Labute approximate surface area is 93.2 Å². The molecule has 0 saturated heterocycles. The molecule has 0 amide bonds. The van der Waals surface area contributed by atoms with Crippen molar-refractivity contribution in [1.29, 1.82) is 0 Å². The molecule has 1 aromatic rings. The van der Waals surface area contributed by atoms with Crippen LogP contribution in [0.4, 0.5) is 0 Å². The highest BCUT2D eigenvalue weighted by molar-refractivity contribution is 7.80. The summed E-state index contributed by atoms with van der Waals surface area (Å²) in [6.45, 7) is 3.81.